The molecule has 0 N–H and O–H groups in total. The molecule has 0 spiro atoms. The highest BCUT2D eigenvalue weighted by Gasteiger charge is 2.29. The largest absolute Gasteiger partial charge is 0.508 e. The van der Waals surface area contributed by atoms with Crippen LogP contribution in [0.1, 0.15) is 38.7 Å². The molecule has 0 unspecified atom stereocenters. The van der Waals surface area contributed by atoms with Crippen molar-refractivity contribution in [3.63, 3.8) is 0 Å². The van der Waals surface area contributed by atoms with Crippen LogP contribution in [0.2, 0.25) is 0 Å². The fourth-order valence-electron chi connectivity index (χ4n) is 3.71. The van der Waals surface area contributed by atoms with Crippen LogP contribution in [-0.2, 0) is 20.7 Å². The standard InChI is InChI=1S/C24H28N2O7/c1-3-31-24(28)33-20-13-15-25(16-14-20)21-5-4-6-22(23(21)26(29)30)32-19-11-9-18(10-12-19)8-7-17(2)27/h4-6,9-12,20H,3,7-8,13-16H2,1-2H3. The predicted molar refractivity (Wildman–Crippen MR) is 122 cm³/mol. The van der Waals surface area contributed by atoms with Gasteiger partial charge < -0.3 is 23.9 Å². The van der Waals surface area contributed by atoms with Crippen molar-refractivity contribution in [1.29, 1.82) is 0 Å². The molecule has 1 heterocycles. The van der Waals surface area contributed by atoms with Crippen LogP contribution in [0.15, 0.2) is 42.5 Å². The lowest BCUT2D eigenvalue weighted by Gasteiger charge is -2.32. The molecule has 0 atom stereocenters. The van der Waals surface area contributed by atoms with E-state index in [4.69, 9.17) is 14.2 Å². The summed E-state index contributed by atoms with van der Waals surface area (Å²) in [5.74, 6) is 0.751. The third-order valence-corrected chi connectivity index (χ3v) is 5.38. The topological polar surface area (TPSA) is 108 Å². The van der Waals surface area contributed by atoms with Gasteiger partial charge in [-0.05, 0) is 50.1 Å². The Kier molecular flexibility index (Phi) is 8.23. The number of ether oxygens (including phenoxy) is 3. The van der Waals surface area contributed by atoms with Crippen molar-refractivity contribution in [3.8, 4) is 11.5 Å². The summed E-state index contributed by atoms with van der Waals surface area (Å²) in [6.07, 6.45) is 1.23. The molecule has 3 rings (SSSR count). The summed E-state index contributed by atoms with van der Waals surface area (Å²) in [6.45, 7) is 4.51. The molecule has 176 valence electrons. The fourth-order valence-corrected chi connectivity index (χ4v) is 3.71. The second kappa shape index (κ2) is 11.3. The predicted octanol–water partition coefficient (Wildman–Crippen LogP) is 5.05. The Morgan fingerprint density at radius 2 is 1.82 bits per heavy atom. The molecular formula is C24H28N2O7. The first-order valence-electron chi connectivity index (χ1n) is 11.0. The molecule has 0 amide bonds. The zero-order valence-electron chi connectivity index (χ0n) is 18.8. The molecule has 0 bridgehead atoms. The van der Waals surface area contributed by atoms with E-state index in [1.54, 1.807) is 44.2 Å². The Labute approximate surface area is 192 Å². The van der Waals surface area contributed by atoms with Crippen molar-refractivity contribution in [2.24, 2.45) is 0 Å². The lowest BCUT2D eigenvalue weighted by molar-refractivity contribution is -0.384. The molecule has 0 saturated carbocycles. The van der Waals surface area contributed by atoms with Crippen LogP contribution < -0.4 is 9.64 Å². The molecule has 2 aromatic rings. The van der Waals surface area contributed by atoms with E-state index >= 15 is 0 Å². The van der Waals surface area contributed by atoms with Gasteiger partial charge in [-0.2, -0.15) is 0 Å². The highest BCUT2D eigenvalue weighted by Crippen LogP contribution is 2.40. The minimum Gasteiger partial charge on any atom is -0.450 e. The normalized spacial score (nSPS) is 13.9. The highest BCUT2D eigenvalue weighted by molar-refractivity contribution is 5.75. The highest BCUT2D eigenvalue weighted by atomic mass is 16.7. The number of rotatable bonds is 9. The van der Waals surface area contributed by atoms with E-state index in [9.17, 15) is 19.7 Å². The maximum absolute atomic E-state index is 11.9. The number of hydrogen-bond acceptors (Lipinski definition) is 8. The average Bonchev–Trinajstić information content (AvgIpc) is 2.79. The molecule has 0 aliphatic carbocycles. The molecule has 2 aromatic carbocycles. The van der Waals surface area contributed by atoms with Crippen molar-refractivity contribution in [2.45, 2.75) is 45.6 Å². The minimum atomic E-state index is -0.690. The van der Waals surface area contributed by atoms with Gasteiger partial charge in [0.05, 0.1) is 11.5 Å². The maximum atomic E-state index is 11.9. The van der Waals surface area contributed by atoms with Crippen molar-refractivity contribution < 1.29 is 28.7 Å². The Hall–Kier alpha value is -3.62. The monoisotopic (exact) mass is 456 g/mol. The van der Waals surface area contributed by atoms with Gasteiger partial charge >= 0.3 is 11.8 Å². The van der Waals surface area contributed by atoms with Crippen molar-refractivity contribution in [2.75, 3.05) is 24.6 Å². The number of nitrogens with zero attached hydrogens (tertiary/aromatic N) is 2. The lowest BCUT2D eigenvalue weighted by atomic mass is 10.1. The molecule has 1 aliphatic rings. The second-order valence-corrected chi connectivity index (χ2v) is 7.82. The van der Waals surface area contributed by atoms with Gasteiger partial charge in [-0.25, -0.2) is 4.79 Å². The number of ketones is 1. The molecule has 1 fully saturated rings. The number of carbonyl (C=O) groups excluding carboxylic acids is 2. The van der Waals surface area contributed by atoms with Crippen LogP contribution in [0.3, 0.4) is 0 Å². The second-order valence-electron chi connectivity index (χ2n) is 7.82. The van der Waals surface area contributed by atoms with Crippen LogP contribution in [-0.4, -0.2) is 42.7 Å². The van der Waals surface area contributed by atoms with Crippen LogP contribution in [0, 0.1) is 10.1 Å². The number of carbonyl (C=O) groups is 2. The summed E-state index contributed by atoms with van der Waals surface area (Å²) >= 11 is 0. The first kappa shape index (κ1) is 24.0. The van der Waals surface area contributed by atoms with Gasteiger partial charge in [0.25, 0.3) is 0 Å². The number of aryl methyl sites for hydroxylation is 1. The van der Waals surface area contributed by atoms with Crippen molar-refractivity contribution in [3.05, 3.63) is 58.1 Å². The Balaban J connectivity index is 1.71. The SMILES string of the molecule is CCOC(=O)OC1CCN(c2cccc(Oc3ccc(CCC(C)=O)cc3)c2[N+](=O)[O-])CC1. The van der Waals surface area contributed by atoms with Crippen LogP contribution in [0.25, 0.3) is 0 Å². The molecular weight excluding hydrogens is 428 g/mol. The first-order chi connectivity index (χ1) is 15.9. The molecule has 1 saturated heterocycles. The number of benzene rings is 2. The van der Waals surface area contributed by atoms with Gasteiger partial charge in [0, 0.05) is 32.4 Å². The quantitative estimate of drug-likeness (QED) is 0.293. The van der Waals surface area contributed by atoms with Gasteiger partial charge in [-0.3, -0.25) is 10.1 Å². The molecule has 33 heavy (non-hydrogen) atoms. The van der Waals surface area contributed by atoms with E-state index < -0.39 is 11.1 Å². The van der Waals surface area contributed by atoms with E-state index in [2.05, 4.69) is 0 Å². The summed E-state index contributed by atoms with van der Waals surface area (Å²) < 4.78 is 15.9. The molecule has 1 aliphatic heterocycles. The third kappa shape index (κ3) is 6.68. The first-order valence-corrected chi connectivity index (χ1v) is 11.0. The van der Waals surface area contributed by atoms with E-state index in [-0.39, 0.29) is 29.9 Å². The number of anilines is 1. The Morgan fingerprint density at radius 3 is 2.42 bits per heavy atom. The van der Waals surface area contributed by atoms with E-state index in [0.29, 0.717) is 50.2 Å². The van der Waals surface area contributed by atoms with Gasteiger partial charge in [0.15, 0.2) is 0 Å². The maximum Gasteiger partial charge on any atom is 0.508 e. The average molecular weight is 456 g/mol. The summed E-state index contributed by atoms with van der Waals surface area (Å²) in [4.78, 5) is 36.1. The van der Waals surface area contributed by atoms with Gasteiger partial charge in [-0.1, -0.05) is 18.2 Å². The van der Waals surface area contributed by atoms with Crippen LogP contribution in [0.4, 0.5) is 16.2 Å². The summed E-state index contributed by atoms with van der Waals surface area (Å²) in [6, 6.07) is 12.2. The van der Waals surface area contributed by atoms with Crippen LogP contribution in [0.5, 0.6) is 11.5 Å². The summed E-state index contributed by atoms with van der Waals surface area (Å²) in [5, 5.41) is 11.9. The molecule has 9 heteroatoms. The number of Topliss-reactive ketones (excluding diaryl/α,β-unsaturated/α-hetero) is 1. The smallest absolute Gasteiger partial charge is 0.450 e. The van der Waals surface area contributed by atoms with Crippen LogP contribution >= 0.6 is 0 Å². The minimum absolute atomic E-state index is 0.108. The van der Waals surface area contributed by atoms with E-state index in [1.807, 2.05) is 17.0 Å². The van der Waals surface area contributed by atoms with Gasteiger partial charge in [0.2, 0.25) is 5.75 Å². The summed E-state index contributed by atoms with van der Waals surface area (Å²) in [5.41, 5.74) is 1.35. The van der Waals surface area contributed by atoms with E-state index in [1.165, 1.54) is 0 Å². The molecule has 0 aromatic heterocycles. The lowest BCUT2D eigenvalue weighted by Crippen LogP contribution is -2.38. The summed E-state index contributed by atoms with van der Waals surface area (Å²) in [7, 11) is 0. The van der Waals surface area contributed by atoms with Crippen molar-refractivity contribution >= 4 is 23.3 Å². The number of piperidine rings is 1. The molecule has 9 nitrogen and oxygen atoms in total. The Bertz CT molecular complexity index is 983. The number of para-hydroxylation sites is 1. The zero-order valence-corrected chi connectivity index (χ0v) is 18.8. The Morgan fingerprint density at radius 1 is 1.12 bits per heavy atom. The number of nitro benzene ring substituents is 1. The number of hydrogen-bond donors (Lipinski definition) is 0. The van der Waals surface area contributed by atoms with Crippen molar-refractivity contribution in [1.82, 2.24) is 0 Å². The van der Waals surface area contributed by atoms with Gasteiger partial charge in [-0.15, -0.1) is 0 Å². The molecule has 0 radical (unpaired) electrons. The van der Waals surface area contributed by atoms with Gasteiger partial charge in [0.1, 0.15) is 23.3 Å². The van der Waals surface area contributed by atoms with E-state index in [0.717, 1.165) is 5.56 Å². The zero-order chi connectivity index (χ0) is 23.8. The third-order valence-electron chi connectivity index (χ3n) is 5.38. The number of nitro groups is 1. The fraction of sp³-hybridized carbons (Fsp3) is 0.417.